The summed E-state index contributed by atoms with van der Waals surface area (Å²) in [6.45, 7) is 1.67. The van der Waals surface area contributed by atoms with E-state index in [2.05, 4.69) is 5.32 Å². The molecular weight excluding hydrogens is 598 g/mol. The average Bonchev–Trinajstić information content (AvgIpc) is 3.56. The van der Waals surface area contributed by atoms with Crippen molar-refractivity contribution >= 4 is 27.5 Å². The first-order chi connectivity index (χ1) is 22.2. The van der Waals surface area contributed by atoms with Crippen LogP contribution in [0.1, 0.15) is 42.4 Å². The van der Waals surface area contributed by atoms with E-state index in [0.717, 1.165) is 52.9 Å². The maximum Gasteiger partial charge on any atom is 0.244 e. The molecule has 0 aliphatic heterocycles. The number of para-hydroxylation sites is 1. The lowest BCUT2D eigenvalue weighted by atomic mass is 10.0. The molecule has 8 nitrogen and oxygen atoms in total. The number of sulfonamides is 1. The molecule has 0 bridgehead atoms. The molecule has 1 aliphatic carbocycles. The zero-order valence-electron chi connectivity index (χ0n) is 26.3. The third-order valence-corrected chi connectivity index (χ3v) is 9.37. The molecule has 0 radical (unpaired) electrons. The average molecular weight is 640 g/mol. The quantitative estimate of drug-likeness (QED) is 0.187. The van der Waals surface area contributed by atoms with Crippen molar-refractivity contribution in [3.8, 4) is 11.5 Å². The zero-order valence-corrected chi connectivity index (χ0v) is 27.2. The van der Waals surface area contributed by atoms with Crippen LogP contribution in [0, 0.1) is 6.92 Å². The first-order valence-electron chi connectivity index (χ1n) is 15.7. The van der Waals surface area contributed by atoms with E-state index < -0.39 is 28.5 Å². The minimum absolute atomic E-state index is 0.0613. The van der Waals surface area contributed by atoms with Crippen LogP contribution in [0.15, 0.2) is 109 Å². The Balaban J connectivity index is 1.45. The number of carbonyl (C=O) groups excluding carboxylic acids is 2. The van der Waals surface area contributed by atoms with Gasteiger partial charge in [-0.05, 0) is 67.3 Å². The predicted octanol–water partition coefficient (Wildman–Crippen LogP) is 6.25. The number of amides is 2. The Kier molecular flexibility index (Phi) is 10.8. The van der Waals surface area contributed by atoms with Crippen molar-refractivity contribution in [1.29, 1.82) is 0 Å². The minimum Gasteiger partial charge on any atom is -0.457 e. The first-order valence-corrected chi connectivity index (χ1v) is 17.5. The fourth-order valence-corrected chi connectivity index (χ4v) is 6.58. The van der Waals surface area contributed by atoms with Gasteiger partial charge in [0.05, 0.1) is 11.9 Å². The molecule has 1 N–H and O–H groups in total. The number of carbonyl (C=O) groups is 2. The zero-order chi connectivity index (χ0) is 32.5. The maximum atomic E-state index is 14.3. The highest BCUT2D eigenvalue weighted by molar-refractivity contribution is 7.92. The number of aryl methyl sites for hydroxylation is 1. The summed E-state index contributed by atoms with van der Waals surface area (Å²) in [4.78, 5) is 29.9. The molecule has 9 heteroatoms. The van der Waals surface area contributed by atoms with Crippen LogP contribution in [0.2, 0.25) is 0 Å². The van der Waals surface area contributed by atoms with E-state index >= 15 is 0 Å². The molecule has 1 atom stereocenters. The van der Waals surface area contributed by atoms with Gasteiger partial charge in [-0.15, -0.1) is 0 Å². The van der Waals surface area contributed by atoms with Crippen LogP contribution in [-0.2, 0) is 32.6 Å². The summed E-state index contributed by atoms with van der Waals surface area (Å²) in [6.07, 6.45) is 5.29. The molecule has 1 fully saturated rings. The number of anilines is 1. The second kappa shape index (κ2) is 15.1. The lowest BCUT2D eigenvalue weighted by Crippen LogP contribution is -2.54. The summed E-state index contributed by atoms with van der Waals surface area (Å²) in [5.41, 5.74) is 3.15. The van der Waals surface area contributed by atoms with Gasteiger partial charge in [0.15, 0.2) is 0 Å². The topological polar surface area (TPSA) is 96.0 Å². The van der Waals surface area contributed by atoms with Crippen molar-refractivity contribution in [2.24, 2.45) is 0 Å². The molecular formula is C37H41N3O5S. The number of hydrogen-bond donors (Lipinski definition) is 1. The van der Waals surface area contributed by atoms with Crippen molar-refractivity contribution in [1.82, 2.24) is 10.2 Å². The molecule has 4 aromatic carbocycles. The smallest absolute Gasteiger partial charge is 0.244 e. The van der Waals surface area contributed by atoms with Gasteiger partial charge >= 0.3 is 0 Å². The van der Waals surface area contributed by atoms with E-state index in [1.807, 2.05) is 91.9 Å². The van der Waals surface area contributed by atoms with Crippen LogP contribution >= 0.6 is 0 Å². The SMILES string of the molecule is Cc1ccc(CN(C(=O)CN(c2ccc(Oc3ccccc3)cc2)S(C)(=O)=O)C(Cc2ccccc2)C(=O)NC2CCCC2)cc1. The van der Waals surface area contributed by atoms with Gasteiger partial charge in [-0.2, -0.15) is 0 Å². The molecule has 1 aliphatic rings. The van der Waals surface area contributed by atoms with E-state index in [-0.39, 0.29) is 18.5 Å². The molecule has 4 aromatic rings. The van der Waals surface area contributed by atoms with E-state index in [9.17, 15) is 18.0 Å². The van der Waals surface area contributed by atoms with Crippen LogP contribution in [0.5, 0.6) is 11.5 Å². The van der Waals surface area contributed by atoms with Gasteiger partial charge < -0.3 is 15.0 Å². The molecule has 240 valence electrons. The standard InChI is InChI=1S/C37H41N3O5S/c1-28-17-19-30(20-18-28)26-39(35(25-29-11-5-3-6-12-29)37(42)38-31-13-9-10-14-31)36(41)27-40(46(2,43)44)32-21-23-34(24-22-32)45-33-15-7-4-8-16-33/h3-8,11-12,15-24,31,35H,9-10,13-14,25-27H2,1-2H3,(H,38,42). The molecule has 0 spiro atoms. The van der Waals surface area contributed by atoms with Gasteiger partial charge in [-0.1, -0.05) is 91.2 Å². The predicted molar refractivity (Wildman–Crippen MR) is 181 cm³/mol. The van der Waals surface area contributed by atoms with Gasteiger partial charge in [-0.3, -0.25) is 13.9 Å². The largest absolute Gasteiger partial charge is 0.457 e. The third-order valence-electron chi connectivity index (χ3n) is 8.23. The van der Waals surface area contributed by atoms with E-state index in [4.69, 9.17) is 4.74 Å². The second-order valence-corrected chi connectivity index (χ2v) is 13.8. The third kappa shape index (κ3) is 8.97. The number of hydrogen-bond acceptors (Lipinski definition) is 5. The molecule has 1 unspecified atom stereocenters. The molecule has 0 aromatic heterocycles. The molecule has 5 rings (SSSR count). The lowest BCUT2D eigenvalue weighted by molar-refractivity contribution is -0.140. The fraction of sp³-hybridized carbons (Fsp3) is 0.297. The summed E-state index contributed by atoms with van der Waals surface area (Å²) in [6, 6.07) is 32.4. The monoisotopic (exact) mass is 639 g/mol. The normalized spacial score (nSPS) is 14.0. The Morgan fingerprint density at radius 3 is 2.00 bits per heavy atom. The highest BCUT2D eigenvalue weighted by Gasteiger charge is 2.34. The Morgan fingerprint density at radius 2 is 1.39 bits per heavy atom. The highest BCUT2D eigenvalue weighted by Crippen LogP contribution is 2.26. The van der Waals surface area contributed by atoms with Gasteiger partial charge in [0.1, 0.15) is 24.1 Å². The van der Waals surface area contributed by atoms with E-state index in [1.54, 1.807) is 24.3 Å². The van der Waals surface area contributed by atoms with Gasteiger partial charge in [0.25, 0.3) is 0 Å². The van der Waals surface area contributed by atoms with Crippen LogP contribution < -0.4 is 14.4 Å². The molecule has 2 amide bonds. The Bertz CT molecular complexity index is 1690. The van der Waals surface area contributed by atoms with Crippen molar-refractivity contribution < 1.29 is 22.7 Å². The van der Waals surface area contributed by atoms with Crippen LogP contribution in [0.3, 0.4) is 0 Å². The van der Waals surface area contributed by atoms with Crippen molar-refractivity contribution in [2.45, 2.75) is 57.7 Å². The van der Waals surface area contributed by atoms with Crippen molar-refractivity contribution in [2.75, 3.05) is 17.1 Å². The van der Waals surface area contributed by atoms with Crippen LogP contribution in [0.4, 0.5) is 5.69 Å². The summed E-state index contributed by atoms with van der Waals surface area (Å²) in [5.74, 6) is 0.474. The van der Waals surface area contributed by atoms with Gasteiger partial charge in [0.2, 0.25) is 21.8 Å². The van der Waals surface area contributed by atoms with E-state index in [0.29, 0.717) is 23.6 Å². The molecule has 1 saturated carbocycles. The van der Waals surface area contributed by atoms with Gasteiger partial charge in [-0.25, -0.2) is 8.42 Å². The number of rotatable bonds is 13. The molecule has 46 heavy (non-hydrogen) atoms. The first kappa shape index (κ1) is 32.8. The Morgan fingerprint density at radius 1 is 0.804 bits per heavy atom. The number of benzene rings is 4. The number of nitrogens with one attached hydrogen (secondary N) is 1. The highest BCUT2D eigenvalue weighted by atomic mass is 32.2. The summed E-state index contributed by atoms with van der Waals surface area (Å²) >= 11 is 0. The summed E-state index contributed by atoms with van der Waals surface area (Å²) in [5, 5.41) is 3.19. The van der Waals surface area contributed by atoms with Crippen LogP contribution in [-0.4, -0.2) is 50.0 Å². The number of nitrogens with zero attached hydrogens (tertiary/aromatic N) is 2. The lowest BCUT2D eigenvalue weighted by Gasteiger charge is -2.34. The summed E-state index contributed by atoms with van der Waals surface area (Å²) < 4.78 is 33.2. The Labute approximate surface area is 272 Å². The number of ether oxygens (including phenoxy) is 1. The minimum atomic E-state index is -3.88. The molecule has 0 heterocycles. The van der Waals surface area contributed by atoms with Crippen molar-refractivity contribution in [3.63, 3.8) is 0 Å². The van der Waals surface area contributed by atoms with Crippen molar-refractivity contribution in [3.05, 3.63) is 126 Å². The Hall–Kier alpha value is -4.63. The van der Waals surface area contributed by atoms with Crippen LogP contribution in [0.25, 0.3) is 0 Å². The second-order valence-electron chi connectivity index (χ2n) is 11.9. The maximum absolute atomic E-state index is 14.3. The van der Waals surface area contributed by atoms with E-state index in [1.165, 1.54) is 4.90 Å². The summed E-state index contributed by atoms with van der Waals surface area (Å²) in [7, 11) is -3.88. The molecule has 0 saturated heterocycles. The van der Waals surface area contributed by atoms with Gasteiger partial charge in [0, 0.05) is 19.0 Å². The fourth-order valence-electron chi connectivity index (χ4n) is 5.73.